The van der Waals surface area contributed by atoms with Crippen LogP contribution < -0.4 is 5.32 Å². The van der Waals surface area contributed by atoms with Crippen LogP contribution in [0.4, 0.5) is 5.69 Å². The largest absolute Gasteiger partial charge is 0.503 e. The molecule has 1 aliphatic heterocycles. The van der Waals surface area contributed by atoms with Crippen LogP contribution in [0.2, 0.25) is 0 Å². The Morgan fingerprint density at radius 2 is 2.16 bits per heavy atom. The Morgan fingerprint density at radius 1 is 1.47 bits per heavy atom. The first-order valence-electron chi connectivity index (χ1n) is 5.41. The fraction of sp³-hybridized carbons (Fsp3) is 0.167. The first-order valence-corrected chi connectivity index (χ1v) is 5.41. The second kappa shape index (κ2) is 4.52. The summed E-state index contributed by atoms with van der Waals surface area (Å²) in [5.74, 6) is -1.86. The molecule has 0 saturated heterocycles. The number of nitro groups is 1. The van der Waals surface area contributed by atoms with Gasteiger partial charge in [0, 0.05) is 12.1 Å². The zero-order valence-electron chi connectivity index (χ0n) is 9.91. The molecule has 1 aromatic carbocycles. The van der Waals surface area contributed by atoms with Crippen molar-refractivity contribution in [3.63, 3.8) is 0 Å². The number of rotatable bonds is 3. The highest BCUT2D eigenvalue weighted by Gasteiger charge is 2.35. The molecule has 2 N–H and O–H groups in total. The minimum atomic E-state index is -0.857. The highest BCUT2D eigenvalue weighted by molar-refractivity contribution is 6.08. The molecule has 1 atom stereocenters. The molecular weight excluding hydrogens is 252 g/mol. The van der Waals surface area contributed by atoms with Crippen LogP contribution in [0.5, 0.6) is 0 Å². The molecule has 98 valence electrons. The molecule has 1 aromatic rings. The Bertz CT molecular complexity index is 620. The quantitative estimate of drug-likeness (QED) is 0.627. The van der Waals surface area contributed by atoms with Gasteiger partial charge in [-0.05, 0) is 12.5 Å². The van der Waals surface area contributed by atoms with Gasteiger partial charge in [0.2, 0.25) is 0 Å². The number of ketones is 1. The van der Waals surface area contributed by atoms with Gasteiger partial charge in [0.1, 0.15) is 0 Å². The van der Waals surface area contributed by atoms with Gasteiger partial charge >= 0.3 is 0 Å². The lowest BCUT2D eigenvalue weighted by molar-refractivity contribution is -0.384. The number of amides is 1. The molecular formula is C12H10N2O5. The SMILES string of the molecule is CC(=O)C1=C(O)C(=O)N[C@@H]1c1cccc([N+](=O)[O-])c1. The number of hydrogen-bond acceptors (Lipinski definition) is 5. The van der Waals surface area contributed by atoms with E-state index in [2.05, 4.69) is 5.32 Å². The number of nitrogens with zero attached hydrogens (tertiary/aromatic N) is 1. The highest BCUT2D eigenvalue weighted by atomic mass is 16.6. The van der Waals surface area contributed by atoms with E-state index < -0.39 is 28.4 Å². The maximum absolute atomic E-state index is 11.5. The van der Waals surface area contributed by atoms with Gasteiger partial charge in [-0.15, -0.1) is 0 Å². The Morgan fingerprint density at radius 3 is 2.74 bits per heavy atom. The summed E-state index contributed by atoms with van der Waals surface area (Å²) in [6.45, 7) is 1.22. The molecule has 1 heterocycles. The molecule has 0 spiro atoms. The van der Waals surface area contributed by atoms with Crippen molar-refractivity contribution in [3.05, 3.63) is 51.3 Å². The summed E-state index contributed by atoms with van der Waals surface area (Å²) in [4.78, 5) is 33.0. The Kier molecular flexibility index (Phi) is 3.04. The second-order valence-corrected chi connectivity index (χ2v) is 4.08. The lowest BCUT2D eigenvalue weighted by atomic mass is 9.97. The maximum atomic E-state index is 11.5. The number of benzene rings is 1. The van der Waals surface area contributed by atoms with E-state index in [9.17, 15) is 24.8 Å². The first kappa shape index (κ1) is 12.7. The van der Waals surface area contributed by atoms with Crippen LogP contribution in [-0.4, -0.2) is 21.7 Å². The molecule has 0 aromatic heterocycles. The fourth-order valence-electron chi connectivity index (χ4n) is 1.97. The average Bonchev–Trinajstić information content (AvgIpc) is 2.66. The van der Waals surface area contributed by atoms with E-state index >= 15 is 0 Å². The summed E-state index contributed by atoms with van der Waals surface area (Å²) >= 11 is 0. The Labute approximate surface area is 107 Å². The van der Waals surface area contributed by atoms with Crippen molar-refractivity contribution in [2.75, 3.05) is 0 Å². The number of non-ortho nitro benzene ring substituents is 1. The van der Waals surface area contributed by atoms with Gasteiger partial charge in [-0.2, -0.15) is 0 Å². The van der Waals surface area contributed by atoms with Gasteiger partial charge in [-0.25, -0.2) is 0 Å². The number of nitrogens with one attached hydrogen (secondary N) is 1. The van der Waals surface area contributed by atoms with Gasteiger partial charge < -0.3 is 10.4 Å². The third-order valence-electron chi connectivity index (χ3n) is 2.83. The normalized spacial score (nSPS) is 18.4. The molecule has 0 unspecified atom stereocenters. The molecule has 19 heavy (non-hydrogen) atoms. The number of carbonyl (C=O) groups is 2. The average molecular weight is 262 g/mol. The highest BCUT2D eigenvalue weighted by Crippen LogP contribution is 2.31. The summed E-state index contributed by atoms with van der Waals surface area (Å²) < 4.78 is 0. The topological polar surface area (TPSA) is 110 Å². The number of Topliss-reactive ketones (excluding diaryl/α,β-unsaturated/α-hetero) is 1. The zero-order chi connectivity index (χ0) is 14.2. The summed E-state index contributed by atoms with van der Waals surface area (Å²) in [5.41, 5.74) is 0.142. The van der Waals surface area contributed by atoms with Gasteiger partial charge in [0.05, 0.1) is 16.5 Å². The number of carbonyl (C=O) groups excluding carboxylic acids is 2. The summed E-state index contributed by atoms with van der Waals surface area (Å²) in [7, 11) is 0. The van der Waals surface area contributed by atoms with Crippen LogP contribution in [-0.2, 0) is 9.59 Å². The third kappa shape index (κ3) is 2.17. The number of aliphatic hydroxyl groups excluding tert-OH is 1. The minimum Gasteiger partial charge on any atom is -0.503 e. The van der Waals surface area contributed by atoms with Crippen LogP contribution in [0.15, 0.2) is 35.6 Å². The van der Waals surface area contributed by atoms with E-state index in [0.717, 1.165) is 0 Å². The molecule has 0 bridgehead atoms. The molecule has 2 rings (SSSR count). The van der Waals surface area contributed by atoms with E-state index in [0.29, 0.717) is 5.56 Å². The smallest absolute Gasteiger partial charge is 0.287 e. The maximum Gasteiger partial charge on any atom is 0.287 e. The standard InChI is InChI=1S/C12H10N2O5/c1-6(15)9-10(13-12(17)11(9)16)7-3-2-4-8(5-7)14(18)19/h2-5,10,16H,1H3,(H,13,17)/t10-/m1/s1. The van der Waals surface area contributed by atoms with Gasteiger partial charge in [-0.3, -0.25) is 19.7 Å². The Hall–Kier alpha value is -2.70. The van der Waals surface area contributed by atoms with Crippen LogP contribution in [0.3, 0.4) is 0 Å². The molecule has 7 nitrogen and oxygen atoms in total. The third-order valence-corrected chi connectivity index (χ3v) is 2.83. The predicted molar refractivity (Wildman–Crippen MR) is 64.3 cm³/mol. The minimum absolute atomic E-state index is 0.0782. The van der Waals surface area contributed by atoms with Crippen molar-refractivity contribution in [1.29, 1.82) is 0 Å². The second-order valence-electron chi connectivity index (χ2n) is 4.08. The molecule has 1 aliphatic rings. The van der Waals surface area contributed by atoms with E-state index in [1.54, 1.807) is 6.07 Å². The van der Waals surface area contributed by atoms with E-state index in [4.69, 9.17) is 0 Å². The van der Waals surface area contributed by atoms with Crippen molar-refractivity contribution in [3.8, 4) is 0 Å². The van der Waals surface area contributed by atoms with Crippen LogP contribution in [0, 0.1) is 10.1 Å². The van der Waals surface area contributed by atoms with Crippen LogP contribution >= 0.6 is 0 Å². The number of aliphatic hydroxyl groups is 1. The molecule has 0 aliphatic carbocycles. The lowest BCUT2D eigenvalue weighted by Crippen LogP contribution is -2.23. The van der Waals surface area contributed by atoms with Crippen molar-refractivity contribution >= 4 is 17.4 Å². The first-order chi connectivity index (χ1) is 8.91. The lowest BCUT2D eigenvalue weighted by Gasteiger charge is -2.12. The molecule has 0 saturated carbocycles. The molecule has 7 heteroatoms. The zero-order valence-corrected chi connectivity index (χ0v) is 9.91. The van der Waals surface area contributed by atoms with Gasteiger partial charge in [0.15, 0.2) is 11.5 Å². The van der Waals surface area contributed by atoms with E-state index in [1.165, 1.54) is 25.1 Å². The number of hydrogen-bond donors (Lipinski definition) is 2. The molecule has 0 fully saturated rings. The van der Waals surface area contributed by atoms with Crippen LogP contribution in [0.1, 0.15) is 18.5 Å². The fourth-order valence-corrected chi connectivity index (χ4v) is 1.97. The Balaban J connectivity index is 2.48. The van der Waals surface area contributed by atoms with Crippen molar-refractivity contribution in [2.24, 2.45) is 0 Å². The van der Waals surface area contributed by atoms with Crippen LogP contribution in [0.25, 0.3) is 0 Å². The van der Waals surface area contributed by atoms with Gasteiger partial charge in [0.25, 0.3) is 11.6 Å². The van der Waals surface area contributed by atoms with E-state index in [-0.39, 0.29) is 11.3 Å². The van der Waals surface area contributed by atoms with Crippen molar-refractivity contribution < 1.29 is 19.6 Å². The summed E-state index contributed by atoms with van der Waals surface area (Å²) in [6, 6.07) is 4.70. The predicted octanol–water partition coefficient (Wildman–Crippen LogP) is 1.17. The molecule has 1 amide bonds. The van der Waals surface area contributed by atoms with Crippen molar-refractivity contribution in [1.82, 2.24) is 5.32 Å². The summed E-state index contributed by atoms with van der Waals surface area (Å²) in [5, 5.41) is 22.7. The van der Waals surface area contributed by atoms with E-state index in [1.807, 2.05) is 0 Å². The molecule has 0 radical (unpaired) electrons. The van der Waals surface area contributed by atoms with Crippen molar-refractivity contribution in [2.45, 2.75) is 13.0 Å². The monoisotopic (exact) mass is 262 g/mol. The summed E-state index contributed by atoms with van der Waals surface area (Å²) in [6.07, 6.45) is 0. The number of nitro benzene ring substituents is 1. The van der Waals surface area contributed by atoms with Gasteiger partial charge in [-0.1, -0.05) is 12.1 Å².